The van der Waals surface area contributed by atoms with Crippen molar-refractivity contribution in [3.8, 4) is 0 Å². The second kappa shape index (κ2) is 6.72. The number of rotatable bonds is 4. The SMILES string of the molecule is Cc1cc(Br)c(NC(=O)COC(=O)C2CCC2)c(Br)c1. The molecule has 0 aromatic heterocycles. The fourth-order valence-corrected chi connectivity index (χ4v) is 3.51. The van der Waals surface area contributed by atoms with Crippen LogP contribution >= 0.6 is 31.9 Å². The molecule has 0 saturated heterocycles. The summed E-state index contributed by atoms with van der Waals surface area (Å²) in [6.45, 7) is 1.71. The number of halogens is 2. The third-order valence-electron chi connectivity index (χ3n) is 3.23. The minimum absolute atomic E-state index is 0.0133. The van der Waals surface area contributed by atoms with Crippen LogP contribution < -0.4 is 5.32 Å². The highest BCUT2D eigenvalue weighted by Crippen LogP contribution is 2.32. The first-order chi connectivity index (χ1) is 9.47. The molecule has 1 aliphatic carbocycles. The van der Waals surface area contributed by atoms with Gasteiger partial charge < -0.3 is 10.1 Å². The van der Waals surface area contributed by atoms with Crippen LogP contribution in [0.4, 0.5) is 5.69 Å². The van der Waals surface area contributed by atoms with E-state index in [0.717, 1.165) is 33.8 Å². The summed E-state index contributed by atoms with van der Waals surface area (Å²) in [4.78, 5) is 23.3. The Morgan fingerprint density at radius 1 is 1.30 bits per heavy atom. The van der Waals surface area contributed by atoms with Gasteiger partial charge in [0.15, 0.2) is 6.61 Å². The van der Waals surface area contributed by atoms with Crippen molar-refractivity contribution >= 4 is 49.4 Å². The third-order valence-corrected chi connectivity index (χ3v) is 4.49. The van der Waals surface area contributed by atoms with Crippen molar-refractivity contribution in [2.45, 2.75) is 26.2 Å². The van der Waals surface area contributed by atoms with E-state index in [1.165, 1.54) is 0 Å². The molecule has 0 aliphatic heterocycles. The monoisotopic (exact) mass is 403 g/mol. The van der Waals surface area contributed by atoms with Crippen LogP contribution in [-0.2, 0) is 14.3 Å². The second-order valence-electron chi connectivity index (χ2n) is 4.89. The van der Waals surface area contributed by atoms with Crippen molar-refractivity contribution in [1.82, 2.24) is 0 Å². The number of aryl methyl sites for hydroxylation is 1. The Morgan fingerprint density at radius 2 is 1.90 bits per heavy atom. The van der Waals surface area contributed by atoms with Crippen molar-refractivity contribution in [1.29, 1.82) is 0 Å². The molecule has 4 nitrogen and oxygen atoms in total. The molecule has 0 spiro atoms. The van der Waals surface area contributed by atoms with Crippen LogP contribution in [0.2, 0.25) is 0 Å². The molecular formula is C14H15Br2NO3. The molecule has 0 unspecified atom stereocenters. The predicted octanol–water partition coefficient (Wildman–Crippen LogP) is 3.80. The minimum Gasteiger partial charge on any atom is -0.455 e. The summed E-state index contributed by atoms with van der Waals surface area (Å²) in [7, 11) is 0. The summed E-state index contributed by atoms with van der Waals surface area (Å²) in [6.07, 6.45) is 2.81. The smallest absolute Gasteiger partial charge is 0.309 e. The van der Waals surface area contributed by atoms with Gasteiger partial charge in [-0.25, -0.2) is 0 Å². The largest absolute Gasteiger partial charge is 0.455 e. The Balaban J connectivity index is 1.89. The van der Waals surface area contributed by atoms with Gasteiger partial charge in [-0.15, -0.1) is 0 Å². The Morgan fingerprint density at radius 3 is 2.40 bits per heavy atom. The summed E-state index contributed by atoms with van der Waals surface area (Å²) in [5, 5.41) is 2.73. The quantitative estimate of drug-likeness (QED) is 0.776. The zero-order chi connectivity index (χ0) is 14.7. The molecule has 0 bridgehead atoms. The number of hydrogen-bond acceptors (Lipinski definition) is 3. The lowest BCUT2D eigenvalue weighted by Crippen LogP contribution is -2.28. The van der Waals surface area contributed by atoms with E-state index < -0.39 is 0 Å². The minimum atomic E-state index is -0.345. The number of esters is 1. The van der Waals surface area contributed by atoms with Gasteiger partial charge in [0.25, 0.3) is 5.91 Å². The number of amides is 1. The average molecular weight is 405 g/mol. The van der Waals surface area contributed by atoms with Gasteiger partial charge >= 0.3 is 5.97 Å². The van der Waals surface area contributed by atoms with Gasteiger partial charge in [-0.1, -0.05) is 6.42 Å². The molecule has 2 rings (SSSR count). The molecule has 1 N–H and O–H groups in total. The Bertz CT molecular complexity index is 518. The zero-order valence-electron chi connectivity index (χ0n) is 11.0. The van der Waals surface area contributed by atoms with Gasteiger partial charge in [0.1, 0.15) is 0 Å². The van der Waals surface area contributed by atoms with E-state index >= 15 is 0 Å². The van der Waals surface area contributed by atoms with Crippen molar-refractivity contribution in [3.63, 3.8) is 0 Å². The van der Waals surface area contributed by atoms with Crippen LogP contribution in [0.25, 0.3) is 0 Å². The Hall–Kier alpha value is -0.880. The average Bonchev–Trinajstić information content (AvgIpc) is 2.29. The molecule has 0 heterocycles. The Kier molecular flexibility index (Phi) is 5.21. The lowest BCUT2D eigenvalue weighted by Gasteiger charge is -2.22. The van der Waals surface area contributed by atoms with Gasteiger partial charge in [-0.2, -0.15) is 0 Å². The number of hydrogen-bond donors (Lipinski definition) is 1. The first kappa shape index (κ1) is 15.5. The summed E-state index contributed by atoms with van der Waals surface area (Å²) < 4.78 is 6.56. The first-order valence-corrected chi connectivity index (χ1v) is 7.98. The van der Waals surface area contributed by atoms with E-state index in [9.17, 15) is 9.59 Å². The molecule has 1 aromatic rings. The van der Waals surface area contributed by atoms with E-state index in [-0.39, 0.29) is 24.4 Å². The molecule has 108 valence electrons. The number of carbonyl (C=O) groups excluding carboxylic acids is 2. The number of ether oxygens (including phenoxy) is 1. The maximum Gasteiger partial charge on any atom is 0.309 e. The van der Waals surface area contributed by atoms with E-state index in [1.807, 2.05) is 19.1 Å². The van der Waals surface area contributed by atoms with Crippen molar-refractivity contribution in [3.05, 3.63) is 26.6 Å². The highest BCUT2D eigenvalue weighted by molar-refractivity contribution is 9.11. The predicted molar refractivity (Wildman–Crippen MR) is 83.5 cm³/mol. The van der Waals surface area contributed by atoms with Crippen LogP contribution in [0.5, 0.6) is 0 Å². The number of benzene rings is 1. The molecule has 1 aliphatic rings. The highest BCUT2D eigenvalue weighted by atomic mass is 79.9. The standard InChI is InChI=1S/C14H15Br2NO3/c1-8-5-10(15)13(11(16)6-8)17-12(18)7-20-14(19)9-3-2-4-9/h5-6,9H,2-4,7H2,1H3,(H,17,18). The van der Waals surface area contributed by atoms with Gasteiger partial charge in [-0.05, 0) is 69.3 Å². The number of nitrogens with one attached hydrogen (secondary N) is 1. The topological polar surface area (TPSA) is 55.4 Å². The maximum atomic E-state index is 11.8. The Labute approximate surface area is 134 Å². The summed E-state index contributed by atoms with van der Waals surface area (Å²) >= 11 is 6.80. The van der Waals surface area contributed by atoms with Crippen molar-refractivity contribution < 1.29 is 14.3 Å². The molecule has 1 amide bonds. The zero-order valence-corrected chi connectivity index (χ0v) is 14.2. The normalized spacial score (nSPS) is 14.6. The third kappa shape index (κ3) is 3.82. The lowest BCUT2D eigenvalue weighted by molar-refractivity contribution is -0.154. The van der Waals surface area contributed by atoms with Crippen molar-refractivity contribution in [2.75, 3.05) is 11.9 Å². The molecule has 1 saturated carbocycles. The maximum absolute atomic E-state index is 11.8. The molecule has 0 radical (unpaired) electrons. The fourth-order valence-electron chi connectivity index (χ4n) is 1.89. The second-order valence-corrected chi connectivity index (χ2v) is 6.60. The fraction of sp³-hybridized carbons (Fsp3) is 0.429. The van der Waals surface area contributed by atoms with Crippen LogP contribution in [0.3, 0.4) is 0 Å². The van der Waals surface area contributed by atoms with Gasteiger partial charge in [0.2, 0.25) is 0 Å². The molecule has 1 aromatic carbocycles. The molecule has 0 atom stereocenters. The first-order valence-electron chi connectivity index (χ1n) is 6.39. The highest BCUT2D eigenvalue weighted by Gasteiger charge is 2.27. The van der Waals surface area contributed by atoms with E-state index in [1.54, 1.807) is 0 Å². The van der Waals surface area contributed by atoms with Gasteiger partial charge in [0, 0.05) is 8.95 Å². The van der Waals surface area contributed by atoms with Crippen LogP contribution in [0.15, 0.2) is 21.1 Å². The number of carbonyl (C=O) groups is 2. The lowest BCUT2D eigenvalue weighted by atomic mass is 9.86. The molecule has 1 fully saturated rings. The molecule has 20 heavy (non-hydrogen) atoms. The molecule has 6 heteroatoms. The summed E-state index contributed by atoms with van der Waals surface area (Å²) in [5.74, 6) is -0.628. The van der Waals surface area contributed by atoms with Crippen molar-refractivity contribution in [2.24, 2.45) is 5.92 Å². The van der Waals surface area contributed by atoms with E-state index in [4.69, 9.17) is 4.74 Å². The van der Waals surface area contributed by atoms with Crippen LogP contribution in [0, 0.1) is 12.8 Å². The van der Waals surface area contributed by atoms with Gasteiger partial charge in [-0.3, -0.25) is 9.59 Å². The van der Waals surface area contributed by atoms with Crippen LogP contribution in [0.1, 0.15) is 24.8 Å². The van der Waals surface area contributed by atoms with E-state index in [0.29, 0.717) is 5.69 Å². The van der Waals surface area contributed by atoms with E-state index in [2.05, 4.69) is 37.2 Å². The number of anilines is 1. The van der Waals surface area contributed by atoms with Crippen LogP contribution in [-0.4, -0.2) is 18.5 Å². The summed E-state index contributed by atoms with van der Waals surface area (Å²) in [6, 6.07) is 3.81. The summed E-state index contributed by atoms with van der Waals surface area (Å²) in [5.41, 5.74) is 1.71. The molecular weight excluding hydrogens is 390 g/mol. The van der Waals surface area contributed by atoms with Gasteiger partial charge in [0.05, 0.1) is 11.6 Å².